The number of rotatable bonds is 8. The number of carboxylic acids is 1. The van der Waals surface area contributed by atoms with Gasteiger partial charge in [-0.05, 0) is 5.56 Å². The third-order valence-electron chi connectivity index (χ3n) is 3.05. The maximum absolute atomic E-state index is 10.5. The van der Waals surface area contributed by atoms with Gasteiger partial charge >= 0.3 is 5.97 Å². The summed E-state index contributed by atoms with van der Waals surface area (Å²) in [7, 11) is 0. The van der Waals surface area contributed by atoms with E-state index in [2.05, 4.69) is 22.0 Å². The van der Waals surface area contributed by atoms with Crippen molar-refractivity contribution in [1.29, 1.82) is 0 Å². The van der Waals surface area contributed by atoms with Crippen molar-refractivity contribution in [3.8, 4) is 0 Å². The maximum Gasteiger partial charge on any atom is 0.307 e. The van der Waals surface area contributed by atoms with Crippen molar-refractivity contribution in [3.05, 3.63) is 54.6 Å². The van der Waals surface area contributed by atoms with E-state index in [1.54, 1.807) is 0 Å². The second-order valence-corrected chi connectivity index (χ2v) is 4.70. The fraction of sp³-hybridized carbons (Fsp3) is 0.333. The molecule has 106 valence electrons. The summed E-state index contributed by atoms with van der Waals surface area (Å²) in [6, 6.07) is 10.3. The summed E-state index contributed by atoms with van der Waals surface area (Å²) in [4.78, 5) is 10.5. The van der Waals surface area contributed by atoms with E-state index in [-0.39, 0.29) is 6.42 Å². The zero-order chi connectivity index (χ0) is 14.2. The molecular weight excluding hydrogens is 254 g/mol. The minimum Gasteiger partial charge on any atom is -0.481 e. The number of aromatic nitrogens is 2. The fourth-order valence-electron chi connectivity index (χ4n) is 1.96. The molecule has 1 aromatic carbocycles. The van der Waals surface area contributed by atoms with Crippen LogP contribution in [-0.4, -0.2) is 22.2 Å². The molecular formula is C15H20N3O2+. The first-order valence-corrected chi connectivity index (χ1v) is 6.75. The molecule has 2 N–H and O–H groups in total. The van der Waals surface area contributed by atoms with Crippen molar-refractivity contribution in [2.75, 3.05) is 6.54 Å². The second-order valence-electron chi connectivity index (χ2n) is 4.70. The number of hydrogen-bond acceptors (Lipinski definition) is 2. The molecule has 0 bridgehead atoms. The van der Waals surface area contributed by atoms with Crippen molar-refractivity contribution in [3.63, 3.8) is 0 Å². The predicted octanol–water partition coefficient (Wildman–Crippen LogP) is 1.04. The highest BCUT2D eigenvalue weighted by Crippen LogP contribution is 1.96. The van der Waals surface area contributed by atoms with Crippen molar-refractivity contribution in [1.82, 2.24) is 9.88 Å². The number of carboxylic acid groups (broad SMARTS) is 1. The van der Waals surface area contributed by atoms with Crippen LogP contribution >= 0.6 is 0 Å². The molecule has 0 saturated heterocycles. The highest BCUT2D eigenvalue weighted by molar-refractivity contribution is 5.66. The molecule has 0 atom stereocenters. The van der Waals surface area contributed by atoms with Gasteiger partial charge in [-0.15, -0.1) is 0 Å². The third-order valence-corrected chi connectivity index (χ3v) is 3.05. The highest BCUT2D eigenvalue weighted by atomic mass is 16.4. The van der Waals surface area contributed by atoms with Crippen LogP contribution in [0.15, 0.2) is 49.1 Å². The largest absolute Gasteiger partial charge is 0.481 e. The zero-order valence-electron chi connectivity index (χ0n) is 11.4. The van der Waals surface area contributed by atoms with Crippen LogP contribution in [0.4, 0.5) is 0 Å². The first kappa shape index (κ1) is 14.3. The number of hydrogen-bond donors (Lipinski definition) is 2. The van der Waals surface area contributed by atoms with Crippen molar-refractivity contribution in [2.24, 2.45) is 0 Å². The van der Waals surface area contributed by atoms with Crippen LogP contribution in [0.3, 0.4) is 0 Å². The number of benzene rings is 1. The van der Waals surface area contributed by atoms with Crippen LogP contribution in [0.25, 0.3) is 0 Å². The van der Waals surface area contributed by atoms with E-state index in [0.717, 1.165) is 19.6 Å². The summed E-state index contributed by atoms with van der Waals surface area (Å²) in [5.41, 5.74) is 1.27. The Morgan fingerprint density at radius 2 is 2.10 bits per heavy atom. The molecule has 0 saturated carbocycles. The first-order chi connectivity index (χ1) is 9.74. The average molecular weight is 274 g/mol. The summed E-state index contributed by atoms with van der Waals surface area (Å²) in [5.74, 6) is -0.769. The minimum absolute atomic E-state index is 0.154. The van der Waals surface area contributed by atoms with Crippen molar-refractivity contribution in [2.45, 2.75) is 26.1 Å². The Labute approximate surface area is 118 Å². The SMILES string of the molecule is O=C(O)CCn1cc[n+](CCNCc2ccccc2)c1. The Hall–Kier alpha value is -2.14. The van der Waals surface area contributed by atoms with Gasteiger partial charge in [0.25, 0.3) is 0 Å². The van der Waals surface area contributed by atoms with Gasteiger partial charge in [0.1, 0.15) is 25.5 Å². The predicted molar refractivity (Wildman–Crippen MR) is 75.0 cm³/mol. The van der Waals surface area contributed by atoms with E-state index < -0.39 is 5.97 Å². The van der Waals surface area contributed by atoms with Gasteiger partial charge in [0, 0.05) is 13.1 Å². The minimum atomic E-state index is -0.769. The van der Waals surface area contributed by atoms with E-state index in [1.165, 1.54) is 5.56 Å². The van der Waals surface area contributed by atoms with Crippen LogP contribution in [0.1, 0.15) is 12.0 Å². The molecule has 0 aliphatic carbocycles. The van der Waals surface area contributed by atoms with Gasteiger partial charge in [0.05, 0.1) is 6.42 Å². The smallest absolute Gasteiger partial charge is 0.307 e. The van der Waals surface area contributed by atoms with Crippen molar-refractivity contribution >= 4 is 5.97 Å². The molecule has 0 amide bonds. The van der Waals surface area contributed by atoms with Gasteiger partial charge in [0.2, 0.25) is 6.33 Å². The number of aliphatic carboxylic acids is 1. The standard InChI is InChI=1S/C15H19N3O2/c19-15(20)6-8-17-10-11-18(13-17)9-7-16-12-14-4-2-1-3-5-14/h1-5,10-11,13,16H,6-9,12H2/p+1. The van der Waals surface area contributed by atoms with Crippen LogP contribution < -0.4 is 9.88 Å². The molecule has 0 fully saturated rings. The van der Waals surface area contributed by atoms with E-state index in [4.69, 9.17) is 5.11 Å². The van der Waals surface area contributed by atoms with Crippen LogP contribution in [0.2, 0.25) is 0 Å². The van der Waals surface area contributed by atoms with Gasteiger partial charge < -0.3 is 10.4 Å². The van der Waals surface area contributed by atoms with Gasteiger partial charge in [-0.3, -0.25) is 4.79 Å². The second kappa shape index (κ2) is 7.45. The lowest BCUT2D eigenvalue weighted by atomic mass is 10.2. The lowest BCUT2D eigenvalue weighted by Crippen LogP contribution is -2.37. The Kier molecular flexibility index (Phi) is 5.32. The molecule has 5 nitrogen and oxygen atoms in total. The topological polar surface area (TPSA) is 58.1 Å². The lowest BCUT2D eigenvalue weighted by Gasteiger charge is -2.02. The van der Waals surface area contributed by atoms with Gasteiger partial charge in [-0.2, -0.15) is 0 Å². The maximum atomic E-state index is 10.5. The van der Waals surface area contributed by atoms with E-state index in [1.807, 2.05) is 41.5 Å². The number of nitrogens with one attached hydrogen (secondary N) is 1. The lowest BCUT2D eigenvalue weighted by molar-refractivity contribution is -0.694. The molecule has 5 heteroatoms. The molecule has 0 radical (unpaired) electrons. The van der Waals surface area contributed by atoms with Crippen molar-refractivity contribution < 1.29 is 14.5 Å². The van der Waals surface area contributed by atoms with E-state index in [0.29, 0.717) is 6.54 Å². The summed E-state index contributed by atoms with van der Waals surface area (Å²) in [6.07, 6.45) is 5.96. The van der Waals surface area contributed by atoms with E-state index >= 15 is 0 Å². The molecule has 0 aliphatic rings. The molecule has 2 rings (SSSR count). The Morgan fingerprint density at radius 1 is 1.30 bits per heavy atom. The normalized spacial score (nSPS) is 10.6. The number of aryl methyl sites for hydroxylation is 1. The molecule has 20 heavy (non-hydrogen) atoms. The van der Waals surface area contributed by atoms with Gasteiger partial charge in [0.15, 0.2) is 0 Å². The first-order valence-electron chi connectivity index (χ1n) is 6.75. The molecule has 0 aliphatic heterocycles. The average Bonchev–Trinajstić information content (AvgIpc) is 2.90. The number of nitrogens with zero attached hydrogens (tertiary/aromatic N) is 2. The molecule has 1 heterocycles. The van der Waals surface area contributed by atoms with Crippen LogP contribution in [0.5, 0.6) is 0 Å². The van der Waals surface area contributed by atoms with Crippen LogP contribution in [-0.2, 0) is 24.4 Å². The zero-order valence-corrected chi connectivity index (χ0v) is 11.4. The van der Waals surface area contributed by atoms with Gasteiger partial charge in [-0.1, -0.05) is 30.3 Å². The number of carbonyl (C=O) groups is 1. The number of imidazole rings is 1. The Morgan fingerprint density at radius 3 is 2.85 bits per heavy atom. The molecule has 0 spiro atoms. The summed E-state index contributed by atoms with van der Waals surface area (Å²) >= 11 is 0. The Bertz CT molecular complexity index is 537. The molecule has 1 aromatic heterocycles. The monoisotopic (exact) mass is 274 g/mol. The third kappa shape index (κ3) is 4.85. The van der Waals surface area contributed by atoms with Gasteiger partial charge in [-0.25, -0.2) is 9.13 Å². The van der Waals surface area contributed by atoms with E-state index in [9.17, 15) is 4.79 Å². The summed E-state index contributed by atoms with van der Waals surface area (Å²) in [6.45, 7) is 3.12. The Balaban J connectivity index is 1.68. The summed E-state index contributed by atoms with van der Waals surface area (Å²) < 4.78 is 3.95. The molecule has 2 aromatic rings. The fourth-order valence-corrected chi connectivity index (χ4v) is 1.96. The quantitative estimate of drug-likeness (QED) is 0.558. The van der Waals surface area contributed by atoms with Crippen LogP contribution in [0, 0.1) is 0 Å². The highest BCUT2D eigenvalue weighted by Gasteiger charge is 2.05. The summed E-state index contributed by atoms with van der Waals surface area (Å²) in [5, 5.41) is 12.0. The molecule has 0 unspecified atom stereocenters.